The predicted molar refractivity (Wildman–Crippen MR) is 48.0 cm³/mol. The monoisotopic (exact) mass is 158 g/mol. The summed E-state index contributed by atoms with van der Waals surface area (Å²) in [5.41, 5.74) is 0. The molecule has 0 fully saturated rings. The molecule has 0 aromatic heterocycles. The molecule has 0 saturated heterocycles. The van der Waals surface area contributed by atoms with Crippen LogP contribution in [0.5, 0.6) is 0 Å². The Labute approximate surface area is 64.8 Å². The number of carbonyl (C=O) groups excluding carboxylic acids is 1. The van der Waals surface area contributed by atoms with Crippen LogP contribution in [0.15, 0.2) is 0 Å². The zero-order valence-electron chi connectivity index (χ0n) is 7.48. The largest absolute Gasteiger partial charge is 0.304 e. The molecule has 0 spiro atoms. The maximum Gasteiger partial charge on any atom is 0.117 e. The first-order chi connectivity index (χ1) is 4.48. The molecule has 10 heavy (non-hydrogen) atoms. The molecule has 60 valence electrons. The number of carbonyl (C=O) groups is 1. The number of hydrogen-bond acceptors (Lipinski definition) is 1. The molecule has 0 unspecified atom stereocenters. The van der Waals surface area contributed by atoms with Crippen LogP contribution in [0.25, 0.3) is 0 Å². The smallest absolute Gasteiger partial charge is 0.117 e. The normalized spacial score (nSPS) is 12.1. The molecule has 0 atom stereocenters. The van der Waals surface area contributed by atoms with Crippen LogP contribution >= 0.6 is 0 Å². The van der Waals surface area contributed by atoms with E-state index in [-0.39, 0.29) is 0 Å². The maximum atomic E-state index is 10.2. The molecule has 0 aromatic rings. The number of aldehydes is 1. The lowest BCUT2D eigenvalue weighted by Gasteiger charge is -2.21. The first-order valence-corrected chi connectivity index (χ1v) is 7.33. The Balaban J connectivity index is 3.73. The van der Waals surface area contributed by atoms with Crippen molar-refractivity contribution >= 4 is 14.4 Å². The van der Waals surface area contributed by atoms with Gasteiger partial charge < -0.3 is 4.79 Å². The third kappa shape index (κ3) is 4.74. The van der Waals surface area contributed by atoms with Gasteiger partial charge in [-0.3, -0.25) is 0 Å². The molecule has 0 aliphatic carbocycles. The highest BCUT2D eigenvalue weighted by molar-refractivity contribution is 6.79. The first kappa shape index (κ1) is 9.89. The fourth-order valence-electron chi connectivity index (χ4n) is 1.41. The van der Waals surface area contributed by atoms with Crippen LogP contribution in [-0.2, 0) is 4.79 Å². The highest BCUT2D eigenvalue weighted by Gasteiger charge is 2.20. The molecule has 0 aromatic carbocycles. The van der Waals surface area contributed by atoms with Gasteiger partial charge in [-0.2, -0.15) is 0 Å². The van der Waals surface area contributed by atoms with E-state index < -0.39 is 8.07 Å². The Kier molecular flexibility index (Phi) is 3.87. The highest BCUT2D eigenvalue weighted by Crippen LogP contribution is 2.18. The Morgan fingerprint density at radius 2 is 1.90 bits per heavy atom. The van der Waals surface area contributed by atoms with E-state index in [1.165, 1.54) is 6.04 Å². The average Bonchev–Trinajstić information content (AvgIpc) is 1.59. The van der Waals surface area contributed by atoms with Crippen LogP contribution in [0.4, 0.5) is 0 Å². The van der Waals surface area contributed by atoms with Gasteiger partial charge in [-0.1, -0.05) is 33.0 Å². The Morgan fingerprint density at radius 1 is 1.40 bits per heavy atom. The summed E-state index contributed by atoms with van der Waals surface area (Å²) in [7, 11) is -1.13. The van der Waals surface area contributed by atoms with Gasteiger partial charge in [0.15, 0.2) is 0 Å². The minimum atomic E-state index is -1.13. The summed E-state index contributed by atoms with van der Waals surface area (Å²) in [6.45, 7) is 9.00. The number of rotatable bonds is 4. The summed E-state index contributed by atoms with van der Waals surface area (Å²) in [6.07, 6.45) is 1.08. The van der Waals surface area contributed by atoms with Crippen LogP contribution in [0.2, 0.25) is 25.2 Å². The Morgan fingerprint density at radius 3 is 2.20 bits per heavy atom. The summed E-state index contributed by atoms with van der Waals surface area (Å²) < 4.78 is 0. The zero-order valence-corrected chi connectivity index (χ0v) is 8.48. The van der Waals surface area contributed by atoms with Crippen LogP contribution < -0.4 is 0 Å². The Hall–Kier alpha value is -0.113. The van der Waals surface area contributed by atoms with E-state index in [0.29, 0.717) is 0 Å². The third-order valence-electron chi connectivity index (χ3n) is 1.60. The lowest BCUT2D eigenvalue weighted by Crippen LogP contribution is -2.27. The van der Waals surface area contributed by atoms with Gasteiger partial charge in [0.05, 0.1) is 8.07 Å². The molecule has 0 N–H and O–H groups in total. The van der Waals surface area contributed by atoms with Crippen LogP contribution in [0.1, 0.15) is 13.8 Å². The molecule has 2 heteroatoms. The topological polar surface area (TPSA) is 17.1 Å². The molecule has 0 saturated carbocycles. The standard InChI is InChI=1S/C8H18OSi/c1-8(2)7-10(3,4)6-5-9/h5,8H,6-7H2,1-4H3. The summed E-state index contributed by atoms with van der Waals surface area (Å²) in [6, 6.07) is 2.09. The van der Waals surface area contributed by atoms with Crippen LogP contribution in [0.3, 0.4) is 0 Å². The fraction of sp³-hybridized carbons (Fsp3) is 0.875. The van der Waals surface area contributed by atoms with Gasteiger partial charge >= 0.3 is 0 Å². The second kappa shape index (κ2) is 3.91. The van der Waals surface area contributed by atoms with E-state index in [1.54, 1.807) is 0 Å². The highest BCUT2D eigenvalue weighted by atomic mass is 28.3. The lowest BCUT2D eigenvalue weighted by molar-refractivity contribution is -0.106. The van der Waals surface area contributed by atoms with Gasteiger partial charge in [0, 0.05) is 0 Å². The minimum Gasteiger partial charge on any atom is -0.304 e. The summed E-state index contributed by atoms with van der Waals surface area (Å²) in [4.78, 5) is 10.2. The molecule has 0 amide bonds. The summed E-state index contributed by atoms with van der Waals surface area (Å²) >= 11 is 0. The van der Waals surface area contributed by atoms with Crippen LogP contribution in [0, 0.1) is 5.92 Å². The van der Waals surface area contributed by atoms with Crippen molar-refractivity contribution in [2.75, 3.05) is 0 Å². The molecule has 0 bridgehead atoms. The molecule has 0 aliphatic rings. The van der Waals surface area contributed by atoms with E-state index in [1.807, 2.05) is 0 Å². The summed E-state index contributed by atoms with van der Waals surface area (Å²) in [5.74, 6) is 0.751. The molecule has 0 aliphatic heterocycles. The molecule has 1 nitrogen and oxygen atoms in total. The van der Waals surface area contributed by atoms with E-state index in [0.717, 1.165) is 18.2 Å². The van der Waals surface area contributed by atoms with Crippen molar-refractivity contribution in [1.82, 2.24) is 0 Å². The molecule has 0 radical (unpaired) electrons. The van der Waals surface area contributed by atoms with Gasteiger partial charge in [0.1, 0.15) is 6.29 Å². The molecule has 0 heterocycles. The van der Waals surface area contributed by atoms with E-state index in [4.69, 9.17) is 0 Å². The van der Waals surface area contributed by atoms with Gasteiger partial charge in [-0.05, 0) is 12.0 Å². The molecular formula is C8H18OSi. The second-order valence-corrected chi connectivity index (χ2v) is 9.28. The van der Waals surface area contributed by atoms with E-state index in [2.05, 4.69) is 26.9 Å². The van der Waals surface area contributed by atoms with Gasteiger partial charge in [-0.15, -0.1) is 0 Å². The Bertz CT molecular complexity index is 108. The maximum absolute atomic E-state index is 10.2. The second-order valence-electron chi connectivity index (χ2n) is 4.13. The quantitative estimate of drug-likeness (QED) is 0.454. The predicted octanol–water partition coefficient (Wildman–Crippen LogP) is 2.55. The molecular weight excluding hydrogens is 140 g/mol. The average molecular weight is 158 g/mol. The summed E-state index contributed by atoms with van der Waals surface area (Å²) in [5, 5.41) is 0. The third-order valence-corrected chi connectivity index (χ3v) is 4.79. The fourth-order valence-corrected chi connectivity index (χ4v) is 4.24. The van der Waals surface area contributed by atoms with Crippen molar-refractivity contribution in [2.45, 2.75) is 39.0 Å². The van der Waals surface area contributed by atoms with Crippen molar-refractivity contribution in [3.8, 4) is 0 Å². The van der Waals surface area contributed by atoms with Crippen molar-refractivity contribution in [2.24, 2.45) is 5.92 Å². The lowest BCUT2D eigenvalue weighted by atomic mass is 10.3. The van der Waals surface area contributed by atoms with Crippen molar-refractivity contribution in [3.05, 3.63) is 0 Å². The van der Waals surface area contributed by atoms with Crippen molar-refractivity contribution in [3.63, 3.8) is 0 Å². The van der Waals surface area contributed by atoms with Crippen LogP contribution in [-0.4, -0.2) is 14.4 Å². The number of hydrogen-bond donors (Lipinski definition) is 0. The van der Waals surface area contributed by atoms with Gasteiger partial charge in [0.25, 0.3) is 0 Å². The van der Waals surface area contributed by atoms with E-state index >= 15 is 0 Å². The first-order valence-electron chi connectivity index (χ1n) is 3.91. The zero-order chi connectivity index (χ0) is 8.20. The minimum absolute atomic E-state index is 0.751. The SMILES string of the molecule is CC(C)C[Si](C)(C)CC=O. The van der Waals surface area contributed by atoms with Crippen molar-refractivity contribution in [1.29, 1.82) is 0 Å². The van der Waals surface area contributed by atoms with E-state index in [9.17, 15) is 4.79 Å². The van der Waals surface area contributed by atoms with Crippen molar-refractivity contribution < 1.29 is 4.79 Å². The van der Waals surface area contributed by atoms with Gasteiger partial charge in [-0.25, -0.2) is 0 Å². The molecule has 0 rings (SSSR count). The van der Waals surface area contributed by atoms with Gasteiger partial charge in [0.2, 0.25) is 0 Å².